The molecular formula is C21H35BO. The van der Waals surface area contributed by atoms with Crippen molar-refractivity contribution in [2.75, 3.05) is 0 Å². The van der Waals surface area contributed by atoms with Gasteiger partial charge in [0.2, 0.25) is 0 Å². The normalized spacial score (nSPS) is 19.6. The molecule has 0 atom stereocenters. The monoisotopic (exact) mass is 314 g/mol. The third-order valence-corrected chi connectivity index (χ3v) is 6.13. The number of benzene rings is 1. The maximum atomic E-state index is 6.47. The predicted molar refractivity (Wildman–Crippen MR) is 103 cm³/mol. The molecule has 2 heteroatoms. The molecule has 1 aromatic rings. The zero-order chi connectivity index (χ0) is 17.8. The zero-order valence-corrected chi connectivity index (χ0v) is 16.9. The largest absolute Gasteiger partial charge is 0.426 e. The van der Waals surface area contributed by atoms with Crippen LogP contribution in [-0.2, 0) is 15.5 Å². The molecule has 0 aromatic heterocycles. The second-order valence-corrected chi connectivity index (χ2v) is 10.3. The van der Waals surface area contributed by atoms with Gasteiger partial charge in [-0.1, -0.05) is 73.5 Å². The van der Waals surface area contributed by atoms with Gasteiger partial charge in [-0.2, -0.15) is 0 Å². The fourth-order valence-corrected chi connectivity index (χ4v) is 3.95. The van der Waals surface area contributed by atoms with Gasteiger partial charge in [0.15, 0.2) is 0 Å². The van der Waals surface area contributed by atoms with Crippen LogP contribution in [0, 0.1) is 5.41 Å². The summed E-state index contributed by atoms with van der Waals surface area (Å²) in [6.07, 6.45) is 1.21. The van der Waals surface area contributed by atoms with Gasteiger partial charge in [-0.05, 0) is 53.1 Å². The summed E-state index contributed by atoms with van der Waals surface area (Å²) < 4.78 is 6.47. The van der Waals surface area contributed by atoms with E-state index in [-0.39, 0.29) is 28.8 Å². The van der Waals surface area contributed by atoms with E-state index in [2.05, 4.69) is 87.3 Å². The van der Waals surface area contributed by atoms with Gasteiger partial charge in [-0.3, -0.25) is 0 Å². The minimum atomic E-state index is -0.166. The zero-order valence-electron chi connectivity index (χ0n) is 16.9. The second-order valence-electron chi connectivity index (χ2n) is 10.3. The van der Waals surface area contributed by atoms with Gasteiger partial charge in [-0.15, -0.1) is 0 Å². The molecule has 0 saturated heterocycles. The lowest BCUT2D eigenvalue weighted by Crippen LogP contribution is -2.47. The highest BCUT2D eigenvalue weighted by Gasteiger charge is 2.42. The van der Waals surface area contributed by atoms with Gasteiger partial charge < -0.3 is 4.65 Å². The molecule has 1 aromatic carbocycles. The highest BCUT2D eigenvalue weighted by Crippen LogP contribution is 2.48. The Balaban J connectivity index is 2.34. The van der Waals surface area contributed by atoms with Gasteiger partial charge in [0, 0.05) is 0 Å². The topological polar surface area (TPSA) is 9.23 Å². The lowest BCUT2D eigenvalue weighted by Gasteiger charge is -2.41. The van der Waals surface area contributed by atoms with Crippen LogP contribution in [0.2, 0.25) is 6.82 Å². The summed E-state index contributed by atoms with van der Waals surface area (Å²) >= 11 is 0. The molecule has 0 N–H and O–H groups in total. The van der Waals surface area contributed by atoms with Crippen LogP contribution in [0.1, 0.15) is 79.9 Å². The lowest BCUT2D eigenvalue weighted by atomic mass is 9.61. The maximum absolute atomic E-state index is 6.47. The van der Waals surface area contributed by atoms with Gasteiger partial charge >= 0.3 is 6.92 Å². The van der Waals surface area contributed by atoms with E-state index in [9.17, 15) is 0 Å². The van der Waals surface area contributed by atoms with Gasteiger partial charge in [0.05, 0.1) is 5.60 Å². The molecule has 0 saturated carbocycles. The highest BCUT2D eigenvalue weighted by atomic mass is 16.5. The number of hydrogen-bond donors (Lipinski definition) is 0. The smallest absolute Gasteiger partial charge is 0.324 e. The highest BCUT2D eigenvalue weighted by molar-refractivity contribution is 6.66. The molecule has 1 nitrogen and oxygen atoms in total. The van der Waals surface area contributed by atoms with Crippen molar-refractivity contribution in [2.45, 2.75) is 92.0 Å². The molecule has 1 aliphatic rings. The van der Waals surface area contributed by atoms with Crippen LogP contribution in [0.5, 0.6) is 0 Å². The van der Waals surface area contributed by atoms with E-state index in [0.29, 0.717) is 0 Å². The van der Waals surface area contributed by atoms with Crippen molar-refractivity contribution >= 4 is 12.4 Å². The summed E-state index contributed by atoms with van der Waals surface area (Å²) in [5.74, 6) is 0. The van der Waals surface area contributed by atoms with E-state index in [1.165, 1.54) is 23.0 Å². The molecule has 0 radical (unpaired) electrons. The quantitative estimate of drug-likeness (QED) is 0.687. The van der Waals surface area contributed by atoms with Crippen molar-refractivity contribution in [3.8, 4) is 0 Å². The van der Waals surface area contributed by atoms with Gasteiger partial charge in [0.1, 0.15) is 0 Å². The number of fused-ring (bicyclic) bond motifs is 1. The Morgan fingerprint density at radius 2 is 1.43 bits per heavy atom. The summed E-state index contributed by atoms with van der Waals surface area (Å²) in [5, 5.41) is 0. The molecule has 0 amide bonds. The molecule has 0 spiro atoms. The summed E-state index contributed by atoms with van der Waals surface area (Å²) in [6.45, 7) is 22.9. The minimum absolute atomic E-state index is 0.106. The summed E-state index contributed by atoms with van der Waals surface area (Å²) in [7, 11) is 0. The third-order valence-electron chi connectivity index (χ3n) is 6.13. The first-order valence-electron chi connectivity index (χ1n) is 9.00. The standard InChI is InChI=1S/C21H35BO/c1-18(2,3)21(8,9)23-22(10)15-11-12-16-17(13-15)20(6,7)14-19(16,4)5/h11-13H,14H2,1-10H3. The van der Waals surface area contributed by atoms with Crippen LogP contribution in [-0.4, -0.2) is 12.5 Å². The van der Waals surface area contributed by atoms with Crippen LogP contribution >= 0.6 is 0 Å². The Bertz CT molecular complexity index is 590. The van der Waals surface area contributed by atoms with Crippen molar-refractivity contribution in [2.24, 2.45) is 5.41 Å². The fourth-order valence-electron chi connectivity index (χ4n) is 3.95. The van der Waals surface area contributed by atoms with Crippen LogP contribution in [0.25, 0.3) is 0 Å². The summed E-state index contributed by atoms with van der Waals surface area (Å²) in [4.78, 5) is 0. The molecule has 0 heterocycles. The molecule has 23 heavy (non-hydrogen) atoms. The second kappa shape index (κ2) is 5.38. The van der Waals surface area contributed by atoms with Crippen molar-refractivity contribution in [1.82, 2.24) is 0 Å². The van der Waals surface area contributed by atoms with Crippen LogP contribution in [0.3, 0.4) is 0 Å². The van der Waals surface area contributed by atoms with Crippen molar-refractivity contribution < 1.29 is 4.65 Å². The van der Waals surface area contributed by atoms with Crippen molar-refractivity contribution in [3.63, 3.8) is 0 Å². The van der Waals surface area contributed by atoms with Crippen LogP contribution in [0.4, 0.5) is 0 Å². The molecule has 0 unspecified atom stereocenters. The van der Waals surface area contributed by atoms with E-state index < -0.39 is 0 Å². The first-order chi connectivity index (χ1) is 10.2. The molecular weight excluding hydrogens is 279 g/mol. The molecule has 0 bridgehead atoms. The van der Waals surface area contributed by atoms with E-state index in [4.69, 9.17) is 4.65 Å². The Kier molecular flexibility index (Phi) is 4.34. The Labute approximate surface area is 144 Å². The molecule has 2 rings (SSSR count). The van der Waals surface area contributed by atoms with Crippen molar-refractivity contribution in [1.29, 1.82) is 0 Å². The maximum Gasteiger partial charge on any atom is 0.324 e. The molecule has 128 valence electrons. The van der Waals surface area contributed by atoms with Crippen LogP contribution in [0.15, 0.2) is 18.2 Å². The minimum Gasteiger partial charge on any atom is -0.426 e. The summed E-state index contributed by atoms with van der Waals surface area (Å²) in [6, 6.07) is 7.00. The van der Waals surface area contributed by atoms with Crippen LogP contribution < -0.4 is 5.46 Å². The number of rotatable bonds is 3. The van der Waals surface area contributed by atoms with E-state index >= 15 is 0 Å². The Morgan fingerprint density at radius 1 is 0.913 bits per heavy atom. The van der Waals surface area contributed by atoms with Gasteiger partial charge in [-0.25, -0.2) is 0 Å². The average molecular weight is 314 g/mol. The Hall–Kier alpha value is -0.755. The lowest BCUT2D eigenvalue weighted by molar-refractivity contribution is 0.000447. The van der Waals surface area contributed by atoms with E-state index in [1.54, 1.807) is 0 Å². The van der Waals surface area contributed by atoms with E-state index in [0.717, 1.165) is 0 Å². The predicted octanol–water partition coefficient (Wildman–Crippen LogP) is 5.32. The van der Waals surface area contributed by atoms with E-state index in [1.807, 2.05) is 0 Å². The van der Waals surface area contributed by atoms with Crippen molar-refractivity contribution in [3.05, 3.63) is 29.3 Å². The first kappa shape index (κ1) is 18.6. The number of hydrogen-bond acceptors (Lipinski definition) is 1. The summed E-state index contributed by atoms with van der Waals surface area (Å²) in [5.41, 5.74) is 4.77. The SMILES string of the molecule is CB(OC(C)(C)C(C)(C)C)c1ccc2c(c1)C(C)(C)CC2(C)C. The Morgan fingerprint density at radius 3 is 1.96 bits per heavy atom. The molecule has 0 fully saturated rings. The molecule has 1 aliphatic carbocycles. The molecule has 0 aliphatic heterocycles. The fraction of sp³-hybridized carbons (Fsp3) is 0.714. The average Bonchev–Trinajstić information content (AvgIpc) is 2.52. The van der Waals surface area contributed by atoms with Gasteiger partial charge in [0.25, 0.3) is 0 Å². The first-order valence-corrected chi connectivity index (χ1v) is 9.00. The third kappa shape index (κ3) is 3.38.